The Labute approximate surface area is 58.6 Å². The van der Waals surface area contributed by atoms with Crippen molar-refractivity contribution in [3.8, 4) is 0 Å². The Morgan fingerprint density at radius 3 is 2.90 bits per heavy atom. The van der Waals surface area contributed by atoms with Crippen LogP contribution in [0.1, 0.15) is 5.56 Å². The molecule has 1 heterocycles. The van der Waals surface area contributed by atoms with Gasteiger partial charge in [0.15, 0.2) is 0 Å². The predicted octanol–water partition coefficient (Wildman–Crippen LogP) is -0.0118. The Kier molecular flexibility index (Phi) is 1.84. The number of nitrogen functional groups attached to an aromatic ring is 1. The van der Waals surface area contributed by atoms with E-state index in [1.165, 1.54) is 12.5 Å². The number of aromatic nitrogens is 2. The van der Waals surface area contributed by atoms with Gasteiger partial charge in [0, 0.05) is 11.8 Å². The Bertz CT molecular complexity index is 243. The molecule has 4 N–H and O–H groups in total. The highest BCUT2D eigenvalue weighted by atomic mass is 14.9. The van der Waals surface area contributed by atoms with Crippen LogP contribution in [0.2, 0.25) is 0 Å². The van der Waals surface area contributed by atoms with E-state index in [-0.39, 0.29) is 0 Å². The zero-order chi connectivity index (χ0) is 7.40. The number of rotatable bonds is 1. The minimum absolute atomic E-state index is 0.441. The molecule has 0 atom stereocenters. The number of anilines is 1. The maximum Gasteiger partial charge on any atom is 0.134 e. The van der Waals surface area contributed by atoms with Crippen molar-refractivity contribution in [2.24, 2.45) is 5.73 Å². The average molecular weight is 136 g/mol. The zero-order valence-corrected chi connectivity index (χ0v) is 5.36. The fourth-order valence-electron chi connectivity index (χ4n) is 0.582. The molecule has 0 radical (unpaired) electrons. The third-order valence-corrected chi connectivity index (χ3v) is 1.05. The summed E-state index contributed by atoms with van der Waals surface area (Å²) in [4.78, 5) is 7.52. The van der Waals surface area contributed by atoms with Crippen LogP contribution < -0.4 is 11.5 Å². The first kappa shape index (κ1) is 6.54. The Balaban J connectivity index is 3.03. The quantitative estimate of drug-likeness (QED) is 0.569. The van der Waals surface area contributed by atoms with E-state index in [1.54, 1.807) is 12.3 Å². The van der Waals surface area contributed by atoms with Crippen LogP contribution in [0, 0.1) is 0 Å². The van der Waals surface area contributed by atoms with Gasteiger partial charge in [-0.05, 0) is 12.3 Å². The molecule has 52 valence electrons. The summed E-state index contributed by atoms with van der Waals surface area (Å²) in [6.45, 7) is 0. The van der Waals surface area contributed by atoms with Crippen LogP contribution in [-0.4, -0.2) is 9.97 Å². The average Bonchev–Trinajstić information content (AvgIpc) is 1.94. The van der Waals surface area contributed by atoms with Crippen LogP contribution in [0.4, 0.5) is 5.82 Å². The van der Waals surface area contributed by atoms with Gasteiger partial charge in [-0.25, -0.2) is 9.97 Å². The van der Waals surface area contributed by atoms with Crippen molar-refractivity contribution in [2.45, 2.75) is 0 Å². The van der Waals surface area contributed by atoms with E-state index in [2.05, 4.69) is 9.97 Å². The first-order valence-corrected chi connectivity index (χ1v) is 2.78. The molecular weight excluding hydrogens is 128 g/mol. The van der Waals surface area contributed by atoms with Crippen LogP contribution in [0.15, 0.2) is 18.7 Å². The van der Waals surface area contributed by atoms with E-state index in [9.17, 15) is 0 Å². The lowest BCUT2D eigenvalue weighted by Gasteiger charge is -1.94. The molecule has 0 saturated heterocycles. The van der Waals surface area contributed by atoms with Gasteiger partial charge in [-0.1, -0.05) is 0 Å². The lowest BCUT2D eigenvalue weighted by atomic mass is 10.3. The van der Waals surface area contributed by atoms with E-state index in [0.717, 1.165) is 5.56 Å². The molecule has 0 aromatic carbocycles. The Hall–Kier alpha value is -1.58. The second-order valence-electron chi connectivity index (χ2n) is 1.72. The fraction of sp³-hybridized carbons (Fsp3) is 0. The van der Waals surface area contributed by atoms with Crippen molar-refractivity contribution in [1.82, 2.24) is 9.97 Å². The molecule has 0 aliphatic carbocycles. The summed E-state index contributed by atoms with van der Waals surface area (Å²) in [6, 6.07) is 0. The molecule has 0 spiro atoms. The SMILES string of the molecule is N/C=C\c1cncnc1N. The molecular formula is C6H8N4. The maximum absolute atomic E-state index is 5.45. The molecule has 10 heavy (non-hydrogen) atoms. The van der Waals surface area contributed by atoms with Crippen molar-refractivity contribution in [3.05, 3.63) is 24.3 Å². The molecule has 1 aromatic rings. The van der Waals surface area contributed by atoms with E-state index < -0.39 is 0 Å². The summed E-state index contributed by atoms with van der Waals surface area (Å²) in [5, 5.41) is 0. The Morgan fingerprint density at radius 1 is 1.50 bits per heavy atom. The lowest BCUT2D eigenvalue weighted by molar-refractivity contribution is 1.17. The molecule has 1 aromatic heterocycles. The third-order valence-electron chi connectivity index (χ3n) is 1.05. The monoisotopic (exact) mass is 136 g/mol. The molecule has 4 nitrogen and oxygen atoms in total. The molecule has 1 rings (SSSR count). The lowest BCUT2D eigenvalue weighted by Crippen LogP contribution is -1.94. The van der Waals surface area contributed by atoms with Crippen molar-refractivity contribution < 1.29 is 0 Å². The summed E-state index contributed by atoms with van der Waals surface area (Å²) in [5.41, 5.74) is 11.3. The first-order valence-electron chi connectivity index (χ1n) is 2.78. The van der Waals surface area contributed by atoms with Crippen molar-refractivity contribution >= 4 is 11.9 Å². The molecule has 0 aliphatic heterocycles. The third kappa shape index (κ3) is 1.22. The zero-order valence-electron chi connectivity index (χ0n) is 5.36. The van der Waals surface area contributed by atoms with E-state index in [0.29, 0.717) is 5.82 Å². The highest BCUT2D eigenvalue weighted by Crippen LogP contribution is 2.05. The van der Waals surface area contributed by atoms with Gasteiger partial charge in [-0.15, -0.1) is 0 Å². The second kappa shape index (κ2) is 2.82. The number of hydrogen-bond acceptors (Lipinski definition) is 4. The van der Waals surface area contributed by atoms with Crippen LogP contribution in [-0.2, 0) is 0 Å². The van der Waals surface area contributed by atoms with E-state index in [4.69, 9.17) is 11.5 Å². The van der Waals surface area contributed by atoms with Gasteiger partial charge in [0.05, 0.1) is 0 Å². The van der Waals surface area contributed by atoms with Crippen LogP contribution >= 0.6 is 0 Å². The Morgan fingerprint density at radius 2 is 2.30 bits per heavy atom. The van der Waals surface area contributed by atoms with Crippen LogP contribution in [0.3, 0.4) is 0 Å². The minimum atomic E-state index is 0.441. The molecule has 0 fully saturated rings. The highest BCUT2D eigenvalue weighted by molar-refractivity contribution is 5.58. The van der Waals surface area contributed by atoms with Crippen LogP contribution in [0.25, 0.3) is 6.08 Å². The normalized spacial score (nSPS) is 10.4. The van der Waals surface area contributed by atoms with Gasteiger partial charge in [0.25, 0.3) is 0 Å². The first-order chi connectivity index (χ1) is 4.84. The summed E-state index contributed by atoms with van der Waals surface area (Å²) in [7, 11) is 0. The topological polar surface area (TPSA) is 77.8 Å². The predicted molar refractivity (Wildman–Crippen MR) is 39.7 cm³/mol. The largest absolute Gasteiger partial charge is 0.405 e. The van der Waals surface area contributed by atoms with Gasteiger partial charge < -0.3 is 11.5 Å². The highest BCUT2D eigenvalue weighted by Gasteiger charge is 1.91. The van der Waals surface area contributed by atoms with Gasteiger partial charge in [0.2, 0.25) is 0 Å². The summed E-state index contributed by atoms with van der Waals surface area (Å²) in [5.74, 6) is 0.441. The molecule has 0 unspecified atom stereocenters. The van der Waals surface area contributed by atoms with Crippen molar-refractivity contribution in [3.63, 3.8) is 0 Å². The van der Waals surface area contributed by atoms with Gasteiger partial charge in [-0.2, -0.15) is 0 Å². The van der Waals surface area contributed by atoms with Gasteiger partial charge >= 0.3 is 0 Å². The van der Waals surface area contributed by atoms with Crippen LogP contribution in [0.5, 0.6) is 0 Å². The van der Waals surface area contributed by atoms with E-state index >= 15 is 0 Å². The second-order valence-corrected chi connectivity index (χ2v) is 1.72. The van der Waals surface area contributed by atoms with Gasteiger partial charge in [-0.3, -0.25) is 0 Å². The van der Waals surface area contributed by atoms with Gasteiger partial charge in [0.1, 0.15) is 12.1 Å². The standard InChI is InChI=1S/C6H8N4/c7-2-1-5-3-9-4-10-6(5)8/h1-4H,7H2,(H2,8,9,10)/b2-1-. The molecule has 0 amide bonds. The maximum atomic E-state index is 5.45. The summed E-state index contributed by atoms with van der Waals surface area (Å²) >= 11 is 0. The number of hydrogen-bond donors (Lipinski definition) is 2. The van der Waals surface area contributed by atoms with E-state index in [1.807, 2.05) is 0 Å². The number of nitrogens with zero attached hydrogens (tertiary/aromatic N) is 2. The molecule has 4 heteroatoms. The molecule has 0 bridgehead atoms. The minimum Gasteiger partial charge on any atom is -0.405 e. The fourth-order valence-corrected chi connectivity index (χ4v) is 0.582. The molecule has 0 saturated carbocycles. The smallest absolute Gasteiger partial charge is 0.134 e. The number of nitrogens with two attached hydrogens (primary N) is 2. The molecule has 0 aliphatic rings. The van der Waals surface area contributed by atoms with Crippen molar-refractivity contribution in [1.29, 1.82) is 0 Å². The van der Waals surface area contributed by atoms with Crippen molar-refractivity contribution in [2.75, 3.05) is 5.73 Å². The summed E-state index contributed by atoms with van der Waals surface area (Å²) < 4.78 is 0. The summed E-state index contributed by atoms with van der Waals surface area (Å²) in [6.07, 6.45) is 6.04.